The summed E-state index contributed by atoms with van der Waals surface area (Å²) in [5.74, 6) is 0.801. The fourth-order valence-corrected chi connectivity index (χ4v) is 2.22. The Balaban J connectivity index is 1.72. The Morgan fingerprint density at radius 1 is 1.41 bits per heavy atom. The third-order valence-electron chi connectivity index (χ3n) is 3.40. The molecule has 1 aromatic carbocycles. The number of rotatable bonds is 8. The molecule has 0 saturated carbocycles. The van der Waals surface area contributed by atoms with Gasteiger partial charge in [-0.15, -0.1) is 0 Å². The lowest BCUT2D eigenvalue weighted by Crippen LogP contribution is -2.36. The summed E-state index contributed by atoms with van der Waals surface area (Å²) in [6.45, 7) is 2.85. The minimum atomic E-state index is -0.206. The third kappa shape index (κ3) is 5.91. The number of hydrogen-bond acceptors (Lipinski definition) is 4. The highest BCUT2D eigenvalue weighted by Crippen LogP contribution is 2.17. The molecule has 2 amide bonds. The molecule has 0 radical (unpaired) electrons. The monoisotopic (exact) mass is 308 g/mol. The van der Waals surface area contributed by atoms with Crippen molar-refractivity contribution in [1.82, 2.24) is 10.6 Å². The molecule has 0 aromatic heterocycles. The predicted octanol–water partition coefficient (Wildman–Crippen LogP) is 1.69. The van der Waals surface area contributed by atoms with Crippen LogP contribution in [-0.2, 0) is 16.0 Å². The van der Waals surface area contributed by atoms with Crippen LogP contribution in [0.1, 0.15) is 18.4 Å². The highest BCUT2D eigenvalue weighted by Gasteiger charge is 2.15. The second kappa shape index (κ2) is 9.27. The van der Waals surface area contributed by atoms with Crippen LogP contribution >= 0.6 is 0 Å². The van der Waals surface area contributed by atoms with Crippen LogP contribution in [0.4, 0.5) is 4.79 Å². The van der Waals surface area contributed by atoms with E-state index >= 15 is 0 Å². The zero-order valence-corrected chi connectivity index (χ0v) is 13.0. The number of hydrogen-bond donors (Lipinski definition) is 2. The van der Waals surface area contributed by atoms with Gasteiger partial charge < -0.3 is 24.8 Å². The van der Waals surface area contributed by atoms with Gasteiger partial charge in [-0.05, 0) is 30.5 Å². The van der Waals surface area contributed by atoms with E-state index in [1.807, 2.05) is 24.3 Å². The second-order valence-corrected chi connectivity index (χ2v) is 5.20. The average molecular weight is 308 g/mol. The molecule has 0 bridgehead atoms. The number of urea groups is 1. The van der Waals surface area contributed by atoms with E-state index in [0.29, 0.717) is 26.3 Å². The van der Waals surface area contributed by atoms with Crippen molar-refractivity contribution >= 4 is 6.03 Å². The van der Waals surface area contributed by atoms with Gasteiger partial charge >= 0.3 is 6.03 Å². The van der Waals surface area contributed by atoms with Gasteiger partial charge in [-0.25, -0.2) is 4.79 Å². The SMILES string of the molecule is COCCNC(=O)NCc1cccc(OCC2CCCO2)c1. The maximum Gasteiger partial charge on any atom is 0.315 e. The molecule has 1 saturated heterocycles. The van der Waals surface area contributed by atoms with Crippen molar-refractivity contribution in [1.29, 1.82) is 0 Å². The van der Waals surface area contributed by atoms with Crippen molar-refractivity contribution in [2.45, 2.75) is 25.5 Å². The molecule has 2 rings (SSSR count). The molecular weight excluding hydrogens is 284 g/mol. The number of carbonyl (C=O) groups excluding carboxylic acids is 1. The van der Waals surface area contributed by atoms with Gasteiger partial charge in [-0.2, -0.15) is 0 Å². The van der Waals surface area contributed by atoms with Gasteiger partial charge in [0.05, 0.1) is 12.7 Å². The summed E-state index contributed by atoms with van der Waals surface area (Å²) in [6, 6.07) is 7.52. The van der Waals surface area contributed by atoms with E-state index in [4.69, 9.17) is 14.2 Å². The fourth-order valence-electron chi connectivity index (χ4n) is 2.22. The number of carbonyl (C=O) groups is 1. The maximum absolute atomic E-state index is 11.6. The summed E-state index contributed by atoms with van der Waals surface area (Å²) in [4.78, 5) is 11.6. The lowest BCUT2D eigenvalue weighted by molar-refractivity contribution is 0.0679. The molecule has 6 nitrogen and oxygen atoms in total. The normalized spacial score (nSPS) is 17.2. The highest BCUT2D eigenvalue weighted by atomic mass is 16.5. The van der Waals surface area contributed by atoms with Crippen LogP contribution in [-0.4, -0.2) is 45.6 Å². The first-order valence-electron chi connectivity index (χ1n) is 7.62. The first kappa shape index (κ1) is 16.6. The summed E-state index contributed by atoms with van der Waals surface area (Å²) in [5.41, 5.74) is 0.992. The summed E-state index contributed by atoms with van der Waals surface area (Å²) in [6.07, 6.45) is 2.37. The zero-order valence-electron chi connectivity index (χ0n) is 13.0. The molecule has 6 heteroatoms. The quantitative estimate of drug-likeness (QED) is 0.717. The Hall–Kier alpha value is -1.79. The molecule has 122 valence electrons. The van der Waals surface area contributed by atoms with Crippen LogP contribution in [0.25, 0.3) is 0 Å². The van der Waals surface area contributed by atoms with Crippen molar-refractivity contribution in [3.63, 3.8) is 0 Å². The first-order chi connectivity index (χ1) is 10.8. The first-order valence-corrected chi connectivity index (χ1v) is 7.62. The fraction of sp³-hybridized carbons (Fsp3) is 0.562. The predicted molar refractivity (Wildman–Crippen MR) is 83.0 cm³/mol. The Morgan fingerprint density at radius 2 is 2.32 bits per heavy atom. The lowest BCUT2D eigenvalue weighted by atomic mass is 10.2. The van der Waals surface area contributed by atoms with E-state index in [1.54, 1.807) is 7.11 Å². The van der Waals surface area contributed by atoms with Crippen molar-refractivity contribution in [3.05, 3.63) is 29.8 Å². The molecule has 1 atom stereocenters. The number of methoxy groups -OCH3 is 1. The molecule has 1 aliphatic heterocycles. The van der Waals surface area contributed by atoms with Gasteiger partial charge in [0.25, 0.3) is 0 Å². The summed E-state index contributed by atoms with van der Waals surface area (Å²) < 4.78 is 16.1. The van der Waals surface area contributed by atoms with Crippen molar-refractivity contribution in [2.75, 3.05) is 33.5 Å². The van der Waals surface area contributed by atoms with E-state index in [0.717, 1.165) is 30.8 Å². The van der Waals surface area contributed by atoms with Crippen molar-refractivity contribution in [2.24, 2.45) is 0 Å². The van der Waals surface area contributed by atoms with Gasteiger partial charge in [0.1, 0.15) is 12.4 Å². The highest BCUT2D eigenvalue weighted by molar-refractivity contribution is 5.73. The molecule has 1 fully saturated rings. The third-order valence-corrected chi connectivity index (χ3v) is 3.40. The zero-order chi connectivity index (χ0) is 15.6. The maximum atomic E-state index is 11.6. The van der Waals surface area contributed by atoms with Gasteiger partial charge in [-0.3, -0.25) is 0 Å². The Morgan fingerprint density at radius 3 is 3.09 bits per heavy atom. The molecule has 22 heavy (non-hydrogen) atoms. The van der Waals surface area contributed by atoms with E-state index in [1.165, 1.54) is 0 Å². The summed E-state index contributed by atoms with van der Waals surface area (Å²) in [5, 5.41) is 5.50. The molecule has 0 aliphatic carbocycles. The minimum absolute atomic E-state index is 0.202. The van der Waals surface area contributed by atoms with Crippen LogP contribution in [0, 0.1) is 0 Å². The molecule has 2 N–H and O–H groups in total. The van der Waals surface area contributed by atoms with E-state index in [-0.39, 0.29) is 12.1 Å². The average Bonchev–Trinajstić information content (AvgIpc) is 3.05. The van der Waals surface area contributed by atoms with E-state index in [9.17, 15) is 4.79 Å². The minimum Gasteiger partial charge on any atom is -0.491 e. The lowest BCUT2D eigenvalue weighted by Gasteiger charge is -2.12. The molecule has 1 aromatic rings. The number of nitrogens with one attached hydrogen (secondary N) is 2. The molecule has 1 unspecified atom stereocenters. The van der Waals surface area contributed by atoms with Crippen molar-refractivity contribution in [3.8, 4) is 5.75 Å². The standard InChI is InChI=1S/C16H24N2O4/c1-20-9-7-17-16(19)18-11-13-4-2-5-14(10-13)22-12-15-6-3-8-21-15/h2,4-5,10,15H,3,6-9,11-12H2,1H3,(H2,17,18,19). The van der Waals surface area contributed by atoms with Crippen molar-refractivity contribution < 1.29 is 19.0 Å². The number of benzene rings is 1. The summed E-state index contributed by atoms with van der Waals surface area (Å²) >= 11 is 0. The van der Waals surface area contributed by atoms with E-state index < -0.39 is 0 Å². The Labute approximate surface area is 131 Å². The second-order valence-electron chi connectivity index (χ2n) is 5.20. The van der Waals surface area contributed by atoms with Gasteiger partial charge in [0, 0.05) is 26.8 Å². The number of amides is 2. The van der Waals surface area contributed by atoms with Gasteiger partial charge in [0.15, 0.2) is 0 Å². The van der Waals surface area contributed by atoms with Crippen LogP contribution in [0.3, 0.4) is 0 Å². The van der Waals surface area contributed by atoms with Crippen LogP contribution in [0.2, 0.25) is 0 Å². The molecule has 1 aliphatic rings. The Bertz CT molecular complexity index is 461. The Kier molecular flexibility index (Phi) is 6.99. The summed E-state index contributed by atoms with van der Waals surface area (Å²) in [7, 11) is 1.60. The van der Waals surface area contributed by atoms with Crippen LogP contribution < -0.4 is 15.4 Å². The largest absolute Gasteiger partial charge is 0.491 e. The van der Waals surface area contributed by atoms with Gasteiger partial charge in [-0.1, -0.05) is 12.1 Å². The molecular formula is C16H24N2O4. The van der Waals surface area contributed by atoms with Crippen LogP contribution in [0.5, 0.6) is 5.75 Å². The molecule has 1 heterocycles. The van der Waals surface area contributed by atoms with Gasteiger partial charge in [0.2, 0.25) is 0 Å². The topological polar surface area (TPSA) is 68.8 Å². The molecule has 0 spiro atoms. The van der Waals surface area contributed by atoms with E-state index in [2.05, 4.69) is 10.6 Å². The number of ether oxygens (including phenoxy) is 3. The smallest absolute Gasteiger partial charge is 0.315 e. The van der Waals surface area contributed by atoms with Crippen LogP contribution in [0.15, 0.2) is 24.3 Å².